The van der Waals surface area contributed by atoms with Gasteiger partial charge in [0, 0.05) is 26.2 Å². The third kappa shape index (κ3) is 3.13. The Morgan fingerprint density at radius 3 is 2.55 bits per heavy atom. The summed E-state index contributed by atoms with van der Waals surface area (Å²) in [6, 6.07) is 2.60. The lowest BCUT2D eigenvalue weighted by molar-refractivity contribution is -0.118. The zero-order chi connectivity index (χ0) is 14.8. The molecule has 20 heavy (non-hydrogen) atoms. The maximum Gasteiger partial charge on any atom is 0.289 e. The Morgan fingerprint density at radius 1 is 1.35 bits per heavy atom. The lowest BCUT2D eigenvalue weighted by Gasteiger charge is -2.39. The summed E-state index contributed by atoms with van der Waals surface area (Å²) in [7, 11) is 0. The highest BCUT2D eigenvalue weighted by atomic mass is 19.3. The lowest BCUT2D eigenvalue weighted by Crippen LogP contribution is -2.51. The average Bonchev–Trinajstić information content (AvgIpc) is 2.43. The van der Waals surface area contributed by atoms with Crippen molar-refractivity contribution in [3.8, 4) is 0 Å². The van der Waals surface area contributed by atoms with Crippen LogP contribution in [0.3, 0.4) is 0 Å². The molecule has 6 heteroatoms. The molecule has 0 saturated carbocycles. The van der Waals surface area contributed by atoms with E-state index in [1.807, 2.05) is 0 Å². The van der Waals surface area contributed by atoms with Crippen molar-refractivity contribution in [1.29, 1.82) is 0 Å². The maximum atomic E-state index is 14.2. The summed E-state index contributed by atoms with van der Waals surface area (Å²) < 4.78 is 41.5. The van der Waals surface area contributed by atoms with Crippen LogP contribution >= 0.6 is 0 Å². The molecule has 1 heterocycles. The van der Waals surface area contributed by atoms with Crippen molar-refractivity contribution in [2.45, 2.75) is 18.9 Å². The van der Waals surface area contributed by atoms with Gasteiger partial charge in [-0.3, -0.25) is 4.90 Å². The number of nitrogens with one attached hydrogen (secondary N) is 1. The molecule has 1 aliphatic rings. The largest absolute Gasteiger partial charge is 0.390 e. The van der Waals surface area contributed by atoms with Crippen LogP contribution in [0.15, 0.2) is 18.2 Å². The minimum Gasteiger partial charge on any atom is -0.390 e. The molecule has 1 aromatic carbocycles. The van der Waals surface area contributed by atoms with E-state index in [1.54, 1.807) is 11.8 Å². The van der Waals surface area contributed by atoms with E-state index in [9.17, 15) is 13.2 Å². The molecular formula is C14H19F3N2O. The van der Waals surface area contributed by atoms with E-state index in [1.165, 1.54) is 18.2 Å². The molecule has 2 rings (SSSR count). The number of benzene rings is 1. The number of halogens is 3. The first-order valence-corrected chi connectivity index (χ1v) is 6.65. The predicted octanol–water partition coefficient (Wildman–Crippen LogP) is 1.71. The van der Waals surface area contributed by atoms with Crippen LogP contribution in [0.25, 0.3) is 0 Å². The third-order valence-electron chi connectivity index (χ3n) is 3.65. The van der Waals surface area contributed by atoms with Gasteiger partial charge in [-0.25, -0.2) is 13.2 Å². The first kappa shape index (κ1) is 15.3. The Morgan fingerprint density at radius 2 is 2.00 bits per heavy atom. The lowest BCUT2D eigenvalue weighted by atomic mass is 9.94. The second-order valence-corrected chi connectivity index (χ2v) is 5.11. The van der Waals surface area contributed by atoms with Crippen molar-refractivity contribution in [3.05, 3.63) is 35.1 Å². The van der Waals surface area contributed by atoms with Gasteiger partial charge in [-0.2, -0.15) is 0 Å². The Balaban J connectivity index is 2.39. The standard InChI is InChI=1S/C14H19F3N2O/c1-10-8-11(15)2-3-12(10)13(14(16,17)9-20)19-6-4-18-5-7-19/h2-3,8,13,18,20H,4-7,9H2,1H3/t13-/m1/s1. The average molecular weight is 288 g/mol. The van der Waals surface area contributed by atoms with Crippen LogP contribution in [-0.2, 0) is 0 Å². The highest BCUT2D eigenvalue weighted by molar-refractivity contribution is 5.31. The van der Waals surface area contributed by atoms with E-state index in [0.29, 0.717) is 37.3 Å². The smallest absolute Gasteiger partial charge is 0.289 e. The highest BCUT2D eigenvalue weighted by Crippen LogP contribution is 2.38. The molecule has 0 aromatic heterocycles. The van der Waals surface area contributed by atoms with Crippen molar-refractivity contribution < 1.29 is 18.3 Å². The molecule has 0 spiro atoms. The Kier molecular flexibility index (Phi) is 4.67. The number of aliphatic hydroxyl groups excluding tert-OH is 1. The second-order valence-electron chi connectivity index (χ2n) is 5.11. The van der Waals surface area contributed by atoms with Gasteiger partial charge >= 0.3 is 0 Å². The molecule has 1 saturated heterocycles. The zero-order valence-electron chi connectivity index (χ0n) is 11.4. The van der Waals surface area contributed by atoms with Gasteiger partial charge in [0.1, 0.15) is 18.5 Å². The van der Waals surface area contributed by atoms with Gasteiger partial charge in [-0.05, 0) is 30.2 Å². The molecule has 0 aliphatic carbocycles. The molecule has 2 N–H and O–H groups in total. The van der Waals surface area contributed by atoms with Crippen LogP contribution in [0.2, 0.25) is 0 Å². The minimum atomic E-state index is -3.26. The summed E-state index contributed by atoms with van der Waals surface area (Å²) in [4.78, 5) is 1.65. The van der Waals surface area contributed by atoms with Crippen LogP contribution < -0.4 is 5.32 Å². The number of hydrogen-bond acceptors (Lipinski definition) is 3. The number of nitrogens with zero attached hydrogens (tertiary/aromatic N) is 1. The van der Waals surface area contributed by atoms with E-state index in [2.05, 4.69) is 5.32 Å². The van der Waals surface area contributed by atoms with Crippen molar-refractivity contribution in [2.24, 2.45) is 0 Å². The molecule has 1 atom stereocenters. The Hall–Kier alpha value is -1.11. The molecule has 0 bridgehead atoms. The molecule has 1 fully saturated rings. The number of aryl methyl sites for hydroxylation is 1. The van der Waals surface area contributed by atoms with E-state index in [-0.39, 0.29) is 0 Å². The fraction of sp³-hybridized carbons (Fsp3) is 0.571. The molecule has 0 radical (unpaired) electrons. The summed E-state index contributed by atoms with van der Waals surface area (Å²) in [5.74, 6) is -3.71. The summed E-state index contributed by atoms with van der Waals surface area (Å²) in [6.45, 7) is 2.57. The van der Waals surface area contributed by atoms with Crippen LogP contribution in [0.1, 0.15) is 17.2 Å². The fourth-order valence-corrected chi connectivity index (χ4v) is 2.66. The topological polar surface area (TPSA) is 35.5 Å². The predicted molar refractivity (Wildman–Crippen MR) is 70.4 cm³/mol. The van der Waals surface area contributed by atoms with Crippen molar-refractivity contribution in [1.82, 2.24) is 10.2 Å². The number of aliphatic hydroxyl groups is 1. The van der Waals surface area contributed by atoms with Gasteiger partial charge < -0.3 is 10.4 Å². The molecular weight excluding hydrogens is 269 g/mol. The van der Waals surface area contributed by atoms with Crippen molar-refractivity contribution in [3.63, 3.8) is 0 Å². The zero-order valence-corrected chi connectivity index (χ0v) is 11.4. The quantitative estimate of drug-likeness (QED) is 0.885. The van der Waals surface area contributed by atoms with Crippen LogP contribution in [0, 0.1) is 12.7 Å². The minimum absolute atomic E-state index is 0.368. The Labute approximate surface area is 116 Å². The van der Waals surface area contributed by atoms with Crippen LogP contribution in [0.5, 0.6) is 0 Å². The highest BCUT2D eigenvalue weighted by Gasteiger charge is 2.44. The van der Waals surface area contributed by atoms with Gasteiger partial charge in [-0.15, -0.1) is 0 Å². The monoisotopic (exact) mass is 288 g/mol. The van der Waals surface area contributed by atoms with Gasteiger partial charge in [0.2, 0.25) is 0 Å². The van der Waals surface area contributed by atoms with E-state index >= 15 is 0 Å². The van der Waals surface area contributed by atoms with Gasteiger partial charge in [0.15, 0.2) is 0 Å². The van der Waals surface area contributed by atoms with Crippen LogP contribution in [-0.4, -0.2) is 48.7 Å². The third-order valence-corrected chi connectivity index (χ3v) is 3.65. The van der Waals surface area contributed by atoms with E-state index in [0.717, 1.165) is 0 Å². The van der Waals surface area contributed by atoms with Crippen molar-refractivity contribution in [2.75, 3.05) is 32.8 Å². The number of hydrogen-bond donors (Lipinski definition) is 2. The maximum absolute atomic E-state index is 14.2. The van der Waals surface area contributed by atoms with Gasteiger partial charge in [0.05, 0.1) is 0 Å². The summed E-state index contributed by atoms with van der Waals surface area (Å²) in [6.07, 6.45) is 0. The van der Waals surface area contributed by atoms with Crippen molar-refractivity contribution >= 4 is 0 Å². The first-order chi connectivity index (χ1) is 9.45. The van der Waals surface area contributed by atoms with Gasteiger partial charge in [0.25, 0.3) is 5.92 Å². The summed E-state index contributed by atoms with van der Waals surface area (Å²) in [5.41, 5.74) is 0.842. The van der Waals surface area contributed by atoms with E-state index in [4.69, 9.17) is 5.11 Å². The normalized spacial score (nSPS) is 19.1. The van der Waals surface area contributed by atoms with Gasteiger partial charge in [-0.1, -0.05) is 6.07 Å². The number of piperazine rings is 1. The summed E-state index contributed by atoms with van der Waals surface area (Å²) >= 11 is 0. The number of alkyl halides is 2. The van der Waals surface area contributed by atoms with Crippen LogP contribution in [0.4, 0.5) is 13.2 Å². The summed E-state index contributed by atoms with van der Waals surface area (Å²) in [5, 5.41) is 12.1. The Bertz CT molecular complexity index is 462. The molecule has 1 aromatic rings. The first-order valence-electron chi connectivity index (χ1n) is 6.65. The molecule has 3 nitrogen and oxygen atoms in total. The molecule has 0 amide bonds. The fourth-order valence-electron chi connectivity index (χ4n) is 2.66. The molecule has 0 unspecified atom stereocenters. The molecule has 112 valence electrons. The SMILES string of the molecule is Cc1cc(F)ccc1[C@@H](N1CCNCC1)C(F)(F)CO. The number of rotatable bonds is 4. The molecule has 1 aliphatic heterocycles. The van der Waals surface area contributed by atoms with E-state index < -0.39 is 24.4 Å². The second kappa shape index (κ2) is 6.11.